The largest absolute Gasteiger partial charge is 0.466 e. The molecule has 4 rings (SSSR count). The Hall–Kier alpha value is -3.07. The van der Waals surface area contributed by atoms with Crippen molar-refractivity contribution in [1.82, 2.24) is 30.0 Å². The molecule has 9 heteroatoms. The molecule has 0 amide bonds. The zero-order valence-electron chi connectivity index (χ0n) is 16.8. The van der Waals surface area contributed by atoms with E-state index in [0.29, 0.717) is 0 Å². The summed E-state index contributed by atoms with van der Waals surface area (Å²) in [6, 6.07) is 7.88. The number of aromatic nitrogens is 6. The molecule has 0 saturated heterocycles. The van der Waals surface area contributed by atoms with Gasteiger partial charge in [-0.2, -0.15) is 0 Å². The second-order valence-electron chi connectivity index (χ2n) is 6.47. The van der Waals surface area contributed by atoms with Gasteiger partial charge in [-0.25, -0.2) is 14.2 Å². The molecule has 0 saturated carbocycles. The molecule has 0 fully saturated rings. The van der Waals surface area contributed by atoms with E-state index in [-0.39, 0.29) is 5.97 Å². The minimum Gasteiger partial charge on any atom is -0.466 e. The van der Waals surface area contributed by atoms with Gasteiger partial charge in [0.25, 0.3) is 0 Å². The van der Waals surface area contributed by atoms with Gasteiger partial charge in [0.05, 0.1) is 18.1 Å². The maximum atomic E-state index is 11.0. The number of hydrogen-bond donors (Lipinski definition) is 0. The zero-order chi connectivity index (χ0) is 21.1. The van der Waals surface area contributed by atoms with Crippen LogP contribution in [0.1, 0.15) is 16.7 Å². The predicted molar refractivity (Wildman–Crippen MR) is 115 cm³/mol. The standard InChI is InChI=1S/C12H13N3O2.C8H8BrN3/c1-8-9(5-7-11(16)17-3)4-6-10-12(8)13-14-15(10)2;1-5-6(9)3-4-7-8(5)10-11-12(7)2/h4-7H,1-3H3;3-4H,1-2H3/b7-5+;. The van der Waals surface area contributed by atoms with Crippen molar-refractivity contribution in [2.45, 2.75) is 13.8 Å². The van der Waals surface area contributed by atoms with Crippen molar-refractivity contribution in [1.29, 1.82) is 0 Å². The number of methoxy groups -OCH3 is 1. The molecule has 0 aliphatic heterocycles. The number of carbonyl (C=O) groups excluding carboxylic acids is 1. The van der Waals surface area contributed by atoms with Crippen LogP contribution in [-0.4, -0.2) is 43.1 Å². The number of rotatable bonds is 2. The zero-order valence-corrected chi connectivity index (χ0v) is 18.4. The number of halogens is 1. The van der Waals surface area contributed by atoms with Crippen molar-refractivity contribution in [2.75, 3.05) is 7.11 Å². The molecule has 0 unspecified atom stereocenters. The van der Waals surface area contributed by atoms with Crippen LogP contribution >= 0.6 is 15.9 Å². The molecule has 2 aromatic heterocycles. The Labute approximate surface area is 176 Å². The maximum Gasteiger partial charge on any atom is 0.330 e. The van der Waals surface area contributed by atoms with Gasteiger partial charge in [0.1, 0.15) is 11.0 Å². The number of aryl methyl sites for hydroxylation is 4. The molecule has 0 spiro atoms. The fraction of sp³-hybridized carbons (Fsp3) is 0.250. The van der Waals surface area contributed by atoms with Crippen molar-refractivity contribution in [3.8, 4) is 0 Å². The third kappa shape index (κ3) is 4.19. The van der Waals surface area contributed by atoms with E-state index in [0.717, 1.165) is 43.2 Å². The lowest BCUT2D eigenvalue weighted by Gasteiger charge is -2.01. The lowest BCUT2D eigenvalue weighted by atomic mass is 10.1. The van der Waals surface area contributed by atoms with E-state index in [1.165, 1.54) is 13.2 Å². The summed E-state index contributed by atoms with van der Waals surface area (Å²) in [5.41, 5.74) is 6.92. The molecule has 4 aromatic rings. The molecule has 0 aliphatic carbocycles. The molecule has 0 atom stereocenters. The van der Waals surface area contributed by atoms with Gasteiger partial charge in [-0.1, -0.05) is 32.4 Å². The molecule has 0 N–H and O–H groups in total. The molecule has 2 aromatic carbocycles. The highest BCUT2D eigenvalue weighted by Crippen LogP contribution is 2.23. The van der Waals surface area contributed by atoms with Gasteiger partial charge in [-0.15, -0.1) is 10.2 Å². The van der Waals surface area contributed by atoms with Crippen LogP contribution < -0.4 is 0 Å². The summed E-state index contributed by atoms with van der Waals surface area (Å²) in [4.78, 5) is 11.0. The molecule has 0 bridgehead atoms. The molecule has 2 heterocycles. The number of benzene rings is 2. The van der Waals surface area contributed by atoms with E-state index in [2.05, 4.69) is 41.3 Å². The van der Waals surface area contributed by atoms with Crippen LogP contribution in [-0.2, 0) is 23.6 Å². The molecule has 8 nitrogen and oxygen atoms in total. The Balaban J connectivity index is 0.000000176. The van der Waals surface area contributed by atoms with Gasteiger partial charge in [0.15, 0.2) is 0 Å². The first kappa shape index (κ1) is 20.7. The fourth-order valence-corrected chi connectivity index (χ4v) is 3.18. The van der Waals surface area contributed by atoms with Gasteiger partial charge in [-0.3, -0.25) is 0 Å². The third-order valence-electron chi connectivity index (χ3n) is 4.65. The van der Waals surface area contributed by atoms with E-state index < -0.39 is 0 Å². The minimum atomic E-state index is -0.372. The van der Waals surface area contributed by atoms with E-state index in [4.69, 9.17) is 0 Å². The van der Waals surface area contributed by atoms with Crippen LogP contribution in [0.15, 0.2) is 34.8 Å². The van der Waals surface area contributed by atoms with Gasteiger partial charge in [-0.05, 0) is 54.8 Å². The van der Waals surface area contributed by atoms with Crippen molar-refractivity contribution in [3.05, 3.63) is 51.5 Å². The van der Waals surface area contributed by atoms with Gasteiger partial charge < -0.3 is 4.74 Å². The van der Waals surface area contributed by atoms with Crippen LogP contribution in [0.5, 0.6) is 0 Å². The van der Waals surface area contributed by atoms with Gasteiger partial charge in [0.2, 0.25) is 0 Å². The molecular weight excluding hydrogens is 436 g/mol. The first-order valence-electron chi connectivity index (χ1n) is 8.83. The van der Waals surface area contributed by atoms with Crippen molar-refractivity contribution >= 4 is 50.0 Å². The number of ether oxygens (including phenoxy) is 1. The highest BCUT2D eigenvalue weighted by molar-refractivity contribution is 9.10. The van der Waals surface area contributed by atoms with Gasteiger partial charge >= 0.3 is 5.97 Å². The second-order valence-corrected chi connectivity index (χ2v) is 7.32. The third-order valence-corrected chi connectivity index (χ3v) is 5.51. The Kier molecular flexibility index (Phi) is 6.07. The predicted octanol–water partition coefficient (Wildman–Crippen LogP) is 3.50. The summed E-state index contributed by atoms with van der Waals surface area (Å²) in [5, 5.41) is 16.1. The number of hydrogen-bond acceptors (Lipinski definition) is 6. The van der Waals surface area contributed by atoms with Crippen molar-refractivity contribution in [3.63, 3.8) is 0 Å². The van der Waals surface area contributed by atoms with Crippen LogP contribution in [0.2, 0.25) is 0 Å². The van der Waals surface area contributed by atoms with E-state index >= 15 is 0 Å². The second kappa shape index (κ2) is 8.52. The average Bonchev–Trinajstić information content (AvgIpc) is 3.28. The minimum absolute atomic E-state index is 0.372. The van der Waals surface area contributed by atoms with Crippen LogP contribution in [0, 0.1) is 13.8 Å². The smallest absolute Gasteiger partial charge is 0.330 e. The number of nitrogens with zero attached hydrogens (tertiary/aromatic N) is 6. The Bertz CT molecular complexity index is 1220. The molecular formula is C20H21BrN6O2. The van der Waals surface area contributed by atoms with Crippen molar-refractivity contribution in [2.24, 2.45) is 14.1 Å². The number of carbonyl (C=O) groups is 1. The summed E-state index contributed by atoms with van der Waals surface area (Å²) in [7, 11) is 5.09. The average molecular weight is 457 g/mol. The fourth-order valence-electron chi connectivity index (χ4n) is 2.86. The van der Waals surface area contributed by atoms with Crippen LogP contribution in [0.25, 0.3) is 28.1 Å². The number of esters is 1. The maximum absolute atomic E-state index is 11.0. The molecule has 0 radical (unpaired) electrons. The topological polar surface area (TPSA) is 87.7 Å². The highest BCUT2D eigenvalue weighted by atomic mass is 79.9. The van der Waals surface area contributed by atoms with Crippen LogP contribution in [0.4, 0.5) is 0 Å². The SMILES string of the molecule is COC(=O)/C=C/c1ccc2c(nnn2C)c1C.Cc1c(Br)ccc2c1nnn2C. The molecule has 150 valence electrons. The van der Waals surface area contributed by atoms with Crippen molar-refractivity contribution < 1.29 is 9.53 Å². The van der Waals surface area contributed by atoms with E-state index in [1.807, 2.05) is 52.2 Å². The summed E-state index contributed by atoms with van der Waals surface area (Å²) in [6.07, 6.45) is 3.11. The van der Waals surface area contributed by atoms with Gasteiger partial charge in [0, 0.05) is 24.6 Å². The Morgan fingerprint density at radius 3 is 2.10 bits per heavy atom. The Morgan fingerprint density at radius 2 is 1.52 bits per heavy atom. The summed E-state index contributed by atoms with van der Waals surface area (Å²) in [6.45, 7) is 3.98. The highest BCUT2D eigenvalue weighted by Gasteiger charge is 2.07. The van der Waals surface area contributed by atoms with Crippen LogP contribution in [0.3, 0.4) is 0 Å². The lowest BCUT2D eigenvalue weighted by Crippen LogP contribution is -1.94. The lowest BCUT2D eigenvalue weighted by molar-refractivity contribution is -0.134. The van der Waals surface area contributed by atoms with E-state index in [1.54, 1.807) is 15.4 Å². The summed E-state index contributed by atoms with van der Waals surface area (Å²) >= 11 is 3.45. The number of fused-ring (bicyclic) bond motifs is 2. The molecule has 0 aliphatic rings. The normalized spacial score (nSPS) is 11.1. The Morgan fingerprint density at radius 1 is 0.966 bits per heavy atom. The van der Waals surface area contributed by atoms with E-state index in [9.17, 15) is 4.79 Å². The summed E-state index contributed by atoms with van der Waals surface area (Å²) < 4.78 is 9.12. The monoisotopic (exact) mass is 456 g/mol. The quantitative estimate of drug-likeness (QED) is 0.338. The summed E-state index contributed by atoms with van der Waals surface area (Å²) in [5.74, 6) is -0.372. The first-order valence-corrected chi connectivity index (χ1v) is 9.62. The molecule has 29 heavy (non-hydrogen) atoms. The first-order chi connectivity index (χ1) is 13.8.